The number of allylic oxidation sites excluding steroid dienone is 3. The molecule has 32 heavy (non-hydrogen) atoms. The summed E-state index contributed by atoms with van der Waals surface area (Å²) in [6, 6.07) is -0.259. The quantitative estimate of drug-likeness (QED) is 0.521. The van der Waals surface area contributed by atoms with Crippen LogP contribution in [0.2, 0.25) is 0 Å². The van der Waals surface area contributed by atoms with Gasteiger partial charge in [-0.05, 0) is 56.1 Å². The van der Waals surface area contributed by atoms with Crippen LogP contribution in [0.3, 0.4) is 0 Å². The molecule has 0 saturated carbocycles. The van der Waals surface area contributed by atoms with E-state index in [4.69, 9.17) is 11.6 Å². The summed E-state index contributed by atoms with van der Waals surface area (Å²) in [4.78, 5) is 15.4. The molecule has 7 heteroatoms. The smallest absolute Gasteiger partial charge is 0.240 e. The summed E-state index contributed by atoms with van der Waals surface area (Å²) in [5, 5.41) is 25.6. The van der Waals surface area contributed by atoms with Crippen molar-refractivity contribution in [3.05, 3.63) is 34.4 Å². The fourth-order valence-electron chi connectivity index (χ4n) is 5.14. The van der Waals surface area contributed by atoms with Gasteiger partial charge in [-0.1, -0.05) is 57.0 Å². The van der Waals surface area contributed by atoms with Crippen molar-refractivity contribution in [2.24, 2.45) is 11.3 Å². The first kappa shape index (κ1) is 27.1. The van der Waals surface area contributed by atoms with E-state index in [1.54, 1.807) is 0 Å². The molecule has 5 N–H and O–H groups in total. The van der Waals surface area contributed by atoms with Crippen LogP contribution in [-0.2, 0) is 4.79 Å². The molecule has 6 nitrogen and oxygen atoms in total. The fourth-order valence-corrected chi connectivity index (χ4v) is 5.30. The molecule has 0 aromatic carbocycles. The maximum atomic E-state index is 13.5. The molecule has 1 unspecified atom stereocenters. The van der Waals surface area contributed by atoms with Crippen molar-refractivity contribution < 1.29 is 20.5 Å². The number of nitrogens with one attached hydrogen (secondary N) is 1. The molecule has 3 aliphatic rings. The Balaban J connectivity index is 0.00000363. The molecule has 0 spiro atoms. The maximum Gasteiger partial charge on any atom is 0.240 e. The molecule has 2 aliphatic carbocycles. The second-order valence-corrected chi connectivity index (χ2v) is 10.9. The Hall–Kier alpha value is -1.18. The van der Waals surface area contributed by atoms with Crippen LogP contribution in [0.15, 0.2) is 34.4 Å². The Morgan fingerprint density at radius 1 is 1.28 bits per heavy atom. The monoisotopic (exact) mass is 468 g/mol. The lowest BCUT2D eigenvalue weighted by Crippen LogP contribution is -2.62. The summed E-state index contributed by atoms with van der Waals surface area (Å²) < 4.78 is 0. The van der Waals surface area contributed by atoms with Crippen LogP contribution in [0.25, 0.3) is 0 Å². The molecule has 0 bridgehead atoms. The van der Waals surface area contributed by atoms with E-state index in [-0.39, 0.29) is 29.4 Å². The fraction of sp³-hybridized carbons (Fsp3) is 0.720. The standard InChI is InChI=1S/C25H39ClN2O3.H2O/c1-17(2)22(27-15-18-5-11-21(29)12-6-18)23(30)28-14-13-25(31,24(3,4)16-28)19-7-9-20(26)10-8-19;/h5,7,9,17,21-22,27,29,31H,6,8,10-16H2,1-4H3;1H2/t21?,22-,25+;/m1./s1. The number of hydrogen-bond donors (Lipinski definition) is 3. The molecule has 1 saturated heterocycles. The van der Waals surface area contributed by atoms with Gasteiger partial charge in [0.2, 0.25) is 5.91 Å². The van der Waals surface area contributed by atoms with Crippen LogP contribution in [0, 0.1) is 11.3 Å². The van der Waals surface area contributed by atoms with Gasteiger partial charge in [-0.25, -0.2) is 0 Å². The van der Waals surface area contributed by atoms with Gasteiger partial charge in [-0.15, -0.1) is 0 Å². The van der Waals surface area contributed by atoms with Gasteiger partial charge in [0.05, 0.1) is 17.7 Å². The summed E-state index contributed by atoms with van der Waals surface area (Å²) >= 11 is 6.12. The van der Waals surface area contributed by atoms with E-state index >= 15 is 0 Å². The van der Waals surface area contributed by atoms with Crippen LogP contribution in [0.4, 0.5) is 0 Å². The molecule has 1 amide bonds. The second-order valence-electron chi connectivity index (χ2n) is 10.5. The van der Waals surface area contributed by atoms with Crippen LogP contribution >= 0.6 is 11.6 Å². The molecule has 1 heterocycles. The first-order valence-corrected chi connectivity index (χ1v) is 12.1. The van der Waals surface area contributed by atoms with Gasteiger partial charge in [-0.3, -0.25) is 4.79 Å². The van der Waals surface area contributed by atoms with Crippen molar-refractivity contribution in [2.45, 2.75) is 84.0 Å². The van der Waals surface area contributed by atoms with Gasteiger partial charge >= 0.3 is 0 Å². The average Bonchev–Trinajstić information content (AvgIpc) is 2.71. The highest BCUT2D eigenvalue weighted by Gasteiger charge is 2.51. The van der Waals surface area contributed by atoms with Gasteiger partial charge in [0.15, 0.2) is 0 Å². The lowest BCUT2D eigenvalue weighted by molar-refractivity contribution is -0.147. The minimum absolute atomic E-state index is 0. The molecule has 0 radical (unpaired) electrons. The average molecular weight is 469 g/mol. The molecule has 0 aromatic heterocycles. The summed E-state index contributed by atoms with van der Waals surface area (Å²) in [5.74, 6) is 0.279. The van der Waals surface area contributed by atoms with E-state index in [2.05, 4.69) is 39.1 Å². The predicted molar refractivity (Wildman–Crippen MR) is 129 cm³/mol. The van der Waals surface area contributed by atoms with Crippen LogP contribution < -0.4 is 5.32 Å². The first-order valence-electron chi connectivity index (χ1n) is 11.7. The number of amides is 1. The van der Waals surface area contributed by atoms with Crippen molar-refractivity contribution in [3.63, 3.8) is 0 Å². The van der Waals surface area contributed by atoms with Crippen LogP contribution in [0.5, 0.6) is 0 Å². The van der Waals surface area contributed by atoms with Crippen LogP contribution in [0.1, 0.15) is 66.2 Å². The van der Waals surface area contributed by atoms with Gasteiger partial charge in [0, 0.05) is 30.1 Å². The number of nitrogens with zero attached hydrogens (tertiary/aromatic N) is 1. The molecule has 0 aromatic rings. The number of piperidine rings is 1. The number of aliphatic hydroxyl groups excluding tert-OH is 1. The van der Waals surface area contributed by atoms with Gasteiger partial charge in [0.1, 0.15) is 0 Å². The van der Waals surface area contributed by atoms with Gasteiger partial charge in [0.25, 0.3) is 0 Å². The van der Waals surface area contributed by atoms with E-state index in [0.29, 0.717) is 32.5 Å². The van der Waals surface area contributed by atoms with E-state index in [0.717, 1.165) is 36.3 Å². The number of rotatable bonds is 6. The Kier molecular flexibility index (Phi) is 9.16. The Morgan fingerprint density at radius 2 is 2.00 bits per heavy atom. The number of halogens is 1. The third-order valence-electron chi connectivity index (χ3n) is 7.35. The number of carbonyl (C=O) groups excluding carboxylic acids is 1. The first-order chi connectivity index (χ1) is 14.5. The van der Waals surface area contributed by atoms with Crippen LogP contribution in [-0.4, -0.2) is 63.9 Å². The zero-order valence-corrected chi connectivity index (χ0v) is 20.7. The largest absolute Gasteiger partial charge is 0.412 e. The molecular formula is C25H41ClN2O4. The number of aliphatic hydroxyl groups is 2. The minimum atomic E-state index is -0.924. The zero-order valence-electron chi connectivity index (χ0n) is 20.0. The molecule has 3 atom stereocenters. The summed E-state index contributed by atoms with van der Waals surface area (Å²) in [5.41, 5.74) is 0.923. The molecule has 1 fully saturated rings. The maximum absolute atomic E-state index is 13.5. The summed E-state index contributed by atoms with van der Waals surface area (Å²) in [6.45, 7) is 10.0. The lowest BCUT2D eigenvalue weighted by atomic mass is 9.64. The van der Waals surface area contributed by atoms with E-state index in [1.807, 2.05) is 17.1 Å². The zero-order chi connectivity index (χ0) is 22.8. The Labute approximate surface area is 197 Å². The predicted octanol–water partition coefficient (Wildman–Crippen LogP) is 3.08. The van der Waals surface area contributed by atoms with Gasteiger partial charge < -0.3 is 25.9 Å². The van der Waals surface area contributed by atoms with Crippen molar-refractivity contribution in [1.29, 1.82) is 0 Å². The lowest BCUT2D eigenvalue weighted by Gasteiger charge is -2.52. The molecule has 1 aliphatic heterocycles. The SMILES string of the molecule is CC(C)[C@@H](NCC1=CCC(O)CC1)C(=O)N1CC[C@](O)(C2=CC=C(Cl)CC2)C(C)(C)C1.O. The normalized spacial score (nSPS) is 28.9. The second kappa shape index (κ2) is 10.8. The van der Waals surface area contributed by atoms with Gasteiger partial charge in [-0.2, -0.15) is 0 Å². The molecule has 3 rings (SSSR count). The summed E-state index contributed by atoms with van der Waals surface area (Å²) in [7, 11) is 0. The van der Waals surface area contributed by atoms with Crippen molar-refractivity contribution in [2.75, 3.05) is 19.6 Å². The minimum Gasteiger partial charge on any atom is -0.412 e. The van der Waals surface area contributed by atoms with E-state index < -0.39 is 11.0 Å². The van der Waals surface area contributed by atoms with Crippen molar-refractivity contribution in [1.82, 2.24) is 10.2 Å². The van der Waals surface area contributed by atoms with E-state index in [9.17, 15) is 15.0 Å². The highest BCUT2D eigenvalue weighted by molar-refractivity contribution is 6.29. The highest BCUT2D eigenvalue weighted by Crippen LogP contribution is 2.46. The topological polar surface area (TPSA) is 104 Å². The summed E-state index contributed by atoms with van der Waals surface area (Å²) in [6.07, 6.45) is 10.2. The number of carbonyl (C=O) groups is 1. The third-order valence-corrected chi connectivity index (χ3v) is 7.66. The number of hydrogen-bond acceptors (Lipinski definition) is 4. The van der Waals surface area contributed by atoms with Crippen molar-refractivity contribution in [3.8, 4) is 0 Å². The Morgan fingerprint density at radius 3 is 2.53 bits per heavy atom. The molecular weight excluding hydrogens is 428 g/mol. The Bertz CT molecular complexity index is 774. The molecule has 182 valence electrons. The third kappa shape index (κ3) is 5.84. The number of likely N-dealkylation sites (tertiary alicyclic amines) is 1. The highest BCUT2D eigenvalue weighted by atomic mass is 35.5. The van der Waals surface area contributed by atoms with Crippen molar-refractivity contribution >= 4 is 17.5 Å². The van der Waals surface area contributed by atoms with E-state index in [1.165, 1.54) is 5.57 Å².